The van der Waals surface area contributed by atoms with E-state index in [1.54, 1.807) is 11.3 Å². The van der Waals surface area contributed by atoms with Gasteiger partial charge in [-0.25, -0.2) is 0 Å². The molecule has 0 aliphatic carbocycles. The van der Waals surface area contributed by atoms with Crippen molar-refractivity contribution in [3.8, 4) is 5.75 Å². The average molecular weight is 393 g/mol. The van der Waals surface area contributed by atoms with E-state index in [9.17, 15) is 4.79 Å². The van der Waals surface area contributed by atoms with Crippen LogP contribution in [-0.4, -0.2) is 48.5 Å². The highest BCUT2D eigenvalue weighted by molar-refractivity contribution is 7.16. The molecule has 140 valence electrons. The molecular weight excluding hydrogens is 368 g/mol. The van der Waals surface area contributed by atoms with E-state index in [-0.39, 0.29) is 5.91 Å². The first-order valence-corrected chi connectivity index (χ1v) is 10.3. The third-order valence-electron chi connectivity index (χ3n) is 4.60. The maximum atomic E-state index is 12.5. The summed E-state index contributed by atoms with van der Waals surface area (Å²) in [4.78, 5) is 18.1. The number of carbonyl (C=O) groups excluding carboxylic acids is 1. The van der Waals surface area contributed by atoms with E-state index in [2.05, 4.69) is 11.0 Å². The summed E-state index contributed by atoms with van der Waals surface area (Å²) in [6.45, 7) is 7.02. The lowest BCUT2D eigenvalue weighted by Gasteiger charge is -2.34. The number of nitrogens with zero attached hydrogens (tertiary/aromatic N) is 2. The van der Waals surface area contributed by atoms with Gasteiger partial charge in [-0.05, 0) is 43.2 Å². The molecule has 0 radical (unpaired) electrons. The molecule has 0 saturated carbocycles. The van der Waals surface area contributed by atoms with Crippen molar-refractivity contribution in [1.82, 2.24) is 9.80 Å². The smallest absolute Gasteiger partial charge is 0.222 e. The van der Waals surface area contributed by atoms with E-state index in [1.165, 1.54) is 10.4 Å². The van der Waals surface area contributed by atoms with Crippen molar-refractivity contribution >= 4 is 28.8 Å². The summed E-state index contributed by atoms with van der Waals surface area (Å²) in [5.41, 5.74) is 1.18. The molecule has 1 aromatic heterocycles. The number of rotatable bonds is 7. The lowest BCUT2D eigenvalue weighted by Crippen LogP contribution is -2.48. The van der Waals surface area contributed by atoms with Crippen LogP contribution in [0.5, 0.6) is 5.75 Å². The summed E-state index contributed by atoms with van der Waals surface area (Å²) in [5.74, 6) is 1.13. The number of amides is 1. The van der Waals surface area contributed by atoms with Crippen molar-refractivity contribution in [3.05, 3.63) is 51.2 Å². The number of thiophene rings is 1. The molecule has 0 spiro atoms. The first-order valence-electron chi connectivity index (χ1n) is 9.10. The van der Waals surface area contributed by atoms with Gasteiger partial charge in [0.2, 0.25) is 5.91 Å². The van der Waals surface area contributed by atoms with Gasteiger partial charge in [-0.1, -0.05) is 23.7 Å². The fourth-order valence-corrected chi connectivity index (χ4v) is 4.27. The second kappa shape index (κ2) is 9.40. The van der Waals surface area contributed by atoms with Gasteiger partial charge in [0.25, 0.3) is 0 Å². The summed E-state index contributed by atoms with van der Waals surface area (Å²) in [6, 6.07) is 12.1. The summed E-state index contributed by atoms with van der Waals surface area (Å²) >= 11 is 7.63. The number of piperazine rings is 1. The topological polar surface area (TPSA) is 32.8 Å². The lowest BCUT2D eigenvalue weighted by atomic mass is 10.1. The largest absolute Gasteiger partial charge is 0.494 e. The van der Waals surface area contributed by atoms with Crippen LogP contribution in [0.1, 0.15) is 23.8 Å². The Morgan fingerprint density at radius 1 is 1.12 bits per heavy atom. The fourth-order valence-electron chi connectivity index (χ4n) is 3.14. The normalized spacial score (nSPS) is 15.2. The van der Waals surface area contributed by atoms with Gasteiger partial charge in [-0.2, -0.15) is 0 Å². The molecule has 1 saturated heterocycles. The Hall–Kier alpha value is -1.56. The quantitative estimate of drug-likeness (QED) is 0.711. The van der Waals surface area contributed by atoms with Crippen LogP contribution in [0, 0.1) is 0 Å². The highest BCUT2D eigenvalue weighted by Crippen LogP contribution is 2.23. The van der Waals surface area contributed by atoms with Gasteiger partial charge >= 0.3 is 0 Å². The first kappa shape index (κ1) is 19.2. The molecule has 2 heterocycles. The molecule has 4 nitrogen and oxygen atoms in total. The van der Waals surface area contributed by atoms with Gasteiger partial charge in [0, 0.05) is 44.0 Å². The molecule has 1 aliphatic heterocycles. The molecule has 6 heteroatoms. The lowest BCUT2D eigenvalue weighted by molar-refractivity contribution is -0.132. The van der Waals surface area contributed by atoms with Gasteiger partial charge in [0.1, 0.15) is 5.75 Å². The number of hydrogen-bond acceptors (Lipinski definition) is 4. The average Bonchev–Trinajstić information content (AvgIpc) is 3.06. The number of benzene rings is 1. The minimum absolute atomic E-state index is 0.248. The van der Waals surface area contributed by atoms with Crippen LogP contribution < -0.4 is 4.74 Å². The van der Waals surface area contributed by atoms with Crippen LogP contribution in [0.2, 0.25) is 4.34 Å². The number of hydrogen-bond donors (Lipinski definition) is 0. The van der Waals surface area contributed by atoms with Crippen LogP contribution in [-0.2, 0) is 17.8 Å². The molecule has 0 unspecified atom stereocenters. The minimum Gasteiger partial charge on any atom is -0.494 e. The van der Waals surface area contributed by atoms with E-state index in [4.69, 9.17) is 16.3 Å². The minimum atomic E-state index is 0.248. The highest BCUT2D eigenvalue weighted by Gasteiger charge is 2.21. The molecule has 1 aromatic carbocycles. The second-order valence-corrected chi connectivity index (χ2v) is 8.24. The monoisotopic (exact) mass is 392 g/mol. The summed E-state index contributed by atoms with van der Waals surface area (Å²) in [5, 5.41) is 0. The molecule has 1 fully saturated rings. The SMILES string of the molecule is CCOc1ccc(CCC(=O)N2CCN(Cc3ccc(Cl)s3)CC2)cc1. The Morgan fingerprint density at radius 3 is 2.46 bits per heavy atom. The summed E-state index contributed by atoms with van der Waals surface area (Å²) < 4.78 is 6.29. The number of ether oxygens (including phenoxy) is 1. The van der Waals surface area contributed by atoms with Gasteiger partial charge in [0.15, 0.2) is 0 Å². The number of aryl methyl sites for hydroxylation is 1. The summed E-state index contributed by atoms with van der Waals surface area (Å²) in [7, 11) is 0. The molecule has 2 aromatic rings. The van der Waals surface area contributed by atoms with Gasteiger partial charge < -0.3 is 9.64 Å². The summed E-state index contributed by atoms with van der Waals surface area (Å²) in [6.07, 6.45) is 1.34. The molecule has 0 N–H and O–H groups in total. The predicted octanol–water partition coefficient (Wildman–Crippen LogP) is 4.08. The third kappa shape index (κ3) is 5.47. The molecule has 0 atom stereocenters. The molecule has 0 bridgehead atoms. The molecule has 1 amide bonds. The van der Waals surface area contributed by atoms with Crippen LogP contribution in [0.15, 0.2) is 36.4 Å². The first-order chi connectivity index (χ1) is 12.6. The van der Waals surface area contributed by atoms with E-state index < -0.39 is 0 Å². The third-order valence-corrected chi connectivity index (χ3v) is 5.81. The van der Waals surface area contributed by atoms with Crippen LogP contribution in [0.25, 0.3) is 0 Å². The Balaban J connectivity index is 1.40. The predicted molar refractivity (Wildman–Crippen MR) is 107 cm³/mol. The highest BCUT2D eigenvalue weighted by atomic mass is 35.5. The van der Waals surface area contributed by atoms with Crippen molar-refractivity contribution in [1.29, 1.82) is 0 Å². The maximum Gasteiger partial charge on any atom is 0.222 e. The molecular formula is C20H25ClN2O2S. The molecule has 3 rings (SSSR count). The van der Waals surface area contributed by atoms with E-state index in [0.717, 1.165) is 49.2 Å². The molecule has 1 aliphatic rings. The van der Waals surface area contributed by atoms with Crippen LogP contribution in [0.4, 0.5) is 0 Å². The Kier molecular flexibility index (Phi) is 6.94. The van der Waals surface area contributed by atoms with Crippen molar-refractivity contribution in [3.63, 3.8) is 0 Å². The van der Waals surface area contributed by atoms with Crippen molar-refractivity contribution in [2.45, 2.75) is 26.3 Å². The van der Waals surface area contributed by atoms with Crippen molar-refractivity contribution in [2.24, 2.45) is 0 Å². The van der Waals surface area contributed by atoms with Gasteiger partial charge in [-0.15, -0.1) is 11.3 Å². The molecule has 26 heavy (non-hydrogen) atoms. The Labute approximate surface area is 164 Å². The fraction of sp³-hybridized carbons (Fsp3) is 0.450. The van der Waals surface area contributed by atoms with Gasteiger partial charge in [0.05, 0.1) is 10.9 Å². The Morgan fingerprint density at radius 2 is 1.85 bits per heavy atom. The van der Waals surface area contributed by atoms with Crippen LogP contribution >= 0.6 is 22.9 Å². The Bertz CT molecular complexity index is 709. The van der Waals surface area contributed by atoms with Crippen LogP contribution in [0.3, 0.4) is 0 Å². The van der Waals surface area contributed by atoms with Crippen molar-refractivity contribution < 1.29 is 9.53 Å². The van der Waals surface area contributed by atoms with Crippen molar-refractivity contribution in [2.75, 3.05) is 32.8 Å². The van der Waals surface area contributed by atoms with E-state index in [1.807, 2.05) is 42.2 Å². The van der Waals surface area contributed by atoms with E-state index in [0.29, 0.717) is 13.0 Å². The standard InChI is InChI=1S/C20H25ClN2O2S/c1-2-25-17-6-3-16(4-7-17)5-10-20(24)23-13-11-22(12-14-23)15-18-8-9-19(21)26-18/h3-4,6-9H,2,5,10-15H2,1H3. The number of carbonyl (C=O) groups is 1. The zero-order chi connectivity index (χ0) is 18.4. The maximum absolute atomic E-state index is 12.5. The second-order valence-electron chi connectivity index (χ2n) is 6.44. The van der Waals surface area contributed by atoms with E-state index >= 15 is 0 Å². The zero-order valence-electron chi connectivity index (χ0n) is 15.1. The zero-order valence-corrected chi connectivity index (χ0v) is 16.7. The number of halogens is 1. The van der Waals surface area contributed by atoms with Gasteiger partial charge in [-0.3, -0.25) is 9.69 Å².